The SMILES string of the molecule is Fc1cccc(C2(c3ccccc3)C=Cc3c(-c4cccs4)n[nH]c3C2)c1. The monoisotopic (exact) mass is 372 g/mol. The molecule has 4 heteroatoms. The summed E-state index contributed by atoms with van der Waals surface area (Å²) >= 11 is 1.68. The van der Waals surface area contributed by atoms with E-state index in [-0.39, 0.29) is 5.82 Å². The van der Waals surface area contributed by atoms with Gasteiger partial charge < -0.3 is 0 Å². The lowest BCUT2D eigenvalue weighted by atomic mass is 9.68. The maximum atomic E-state index is 14.1. The van der Waals surface area contributed by atoms with Crippen molar-refractivity contribution < 1.29 is 4.39 Å². The van der Waals surface area contributed by atoms with Crippen LogP contribution in [0.2, 0.25) is 0 Å². The van der Waals surface area contributed by atoms with E-state index < -0.39 is 5.41 Å². The fourth-order valence-electron chi connectivity index (χ4n) is 3.93. The molecule has 27 heavy (non-hydrogen) atoms. The molecule has 0 amide bonds. The van der Waals surface area contributed by atoms with Gasteiger partial charge in [0.05, 0.1) is 4.88 Å². The van der Waals surface area contributed by atoms with E-state index in [1.165, 1.54) is 6.07 Å². The van der Waals surface area contributed by atoms with Gasteiger partial charge >= 0.3 is 0 Å². The van der Waals surface area contributed by atoms with Crippen LogP contribution in [0, 0.1) is 5.82 Å². The Morgan fingerprint density at radius 3 is 2.59 bits per heavy atom. The first-order valence-electron chi connectivity index (χ1n) is 8.88. The Labute approximate surface area is 161 Å². The number of fused-ring (bicyclic) bond motifs is 1. The molecule has 0 spiro atoms. The van der Waals surface area contributed by atoms with Crippen LogP contribution in [0.1, 0.15) is 22.4 Å². The Bertz CT molecular complexity index is 1110. The van der Waals surface area contributed by atoms with Crippen LogP contribution in [0.15, 0.2) is 78.2 Å². The van der Waals surface area contributed by atoms with Gasteiger partial charge in [-0.1, -0.05) is 60.7 Å². The molecule has 1 N–H and O–H groups in total. The number of H-pyrrole nitrogens is 1. The topological polar surface area (TPSA) is 28.7 Å². The number of thiophene rings is 1. The summed E-state index contributed by atoms with van der Waals surface area (Å²) < 4.78 is 14.1. The van der Waals surface area contributed by atoms with E-state index in [0.717, 1.165) is 33.0 Å². The Balaban J connectivity index is 1.68. The van der Waals surface area contributed by atoms with Crippen LogP contribution in [0.5, 0.6) is 0 Å². The predicted octanol–water partition coefficient (Wildman–Crippen LogP) is 5.83. The average Bonchev–Trinajstić information content (AvgIpc) is 3.37. The highest BCUT2D eigenvalue weighted by Gasteiger charge is 2.36. The molecular weight excluding hydrogens is 355 g/mol. The zero-order valence-corrected chi connectivity index (χ0v) is 15.3. The number of allylic oxidation sites excluding steroid dienone is 1. The van der Waals surface area contributed by atoms with Gasteiger partial charge in [-0.25, -0.2) is 4.39 Å². The van der Waals surface area contributed by atoms with Crippen molar-refractivity contribution in [2.45, 2.75) is 11.8 Å². The van der Waals surface area contributed by atoms with Crippen molar-refractivity contribution in [3.05, 3.63) is 106 Å². The molecule has 1 atom stereocenters. The molecule has 132 valence electrons. The van der Waals surface area contributed by atoms with E-state index in [0.29, 0.717) is 6.42 Å². The van der Waals surface area contributed by atoms with Crippen LogP contribution in [-0.4, -0.2) is 10.2 Å². The third-order valence-electron chi connectivity index (χ3n) is 5.26. The lowest BCUT2D eigenvalue weighted by molar-refractivity contribution is 0.594. The molecule has 0 bridgehead atoms. The second kappa shape index (κ2) is 6.32. The second-order valence-electron chi connectivity index (χ2n) is 6.80. The summed E-state index contributed by atoms with van der Waals surface area (Å²) in [6.07, 6.45) is 5.05. The minimum atomic E-state index is -0.421. The van der Waals surface area contributed by atoms with Crippen LogP contribution >= 0.6 is 11.3 Å². The largest absolute Gasteiger partial charge is 0.281 e. The lowest BCUT2D eigenvalue weighted by Gasteiger charge is -2.34. The summed E-state index contributed by atoms with van der Waals surface area (Å²) in [5.41, 5.74) is 4.86. The summed E-state index contributed by atoms with van der Waals surface area (Å²) in [6.45, 7) is 0. The first kappa shape index (κ1) is 16.2. The highest BCUT2D eigenvalue weighted by atomic mass is 32.1. The molecular formula is C23H17FN2S. The molecule has 2 aromatic carbocycles. The molecule has 0 saturated carbocycles. The summed E-state index contributed by atoms with van der Waals surface area (Å²) in [5.74, 6) is -0.217. The van der Waals surface area contributed by atoms with Crippen molar-refractivity contribution in [2.24, 2.45) is 0 Å². The third-order valence-corrected chi connectivity index (χ3v) is 6.13. The van der Waals surface area contributed by atoms with Crippen LogP contribution in [0.25, 0.3) is 16.6 Å². The molecule has 0 radical (unpaired) electrons. The first-order valence-corrected chi connectivity index (χ1v) is 9.76. The fraction of sp³-hybridized carbons (Fsp3) is 0.0870. The summed E-state index contributed by atoms with van der Waals surface area (Å²) in [6, 6.07) is 21.3. The van der Waals surface area contributed by atoms with Gasteiger partial charge in [0.25, 0.3) is 0 Å². The minimum absolute atomic E-state index is 0.217. The van der Waals surface area contributed by atoms with E-state index >= 15 is 0 Å². The Kier molecular flexibility index (Phi) is 3.80. The van der Waals surface area contributed by atoms with Crippen molar-refractivity contribution in [2.75, 3.05) is 0 Å². The third kappa shape index (κ3) is 2.64. The molecule has 1 unspecified atom stereocenters. The number of rotatable bonds is 3. The van der Waals surface area contributed by atoms with Gasteiger partial charge in [0, 0.05) is 23.1 Å². The van der Waals surface area contributed by atoms with Gasteiger partial charge in [0.2, 0.25) is 0 Å². The minimum Gasteiger partial charge on any atom is -0.281 e. The molecule has 2 nitrogen and oxygen atoms in total. The Hall–Kier alpha value is -2.98. The van der Waals surface area contributed by atoms with Gasteiger partial charge in [-0.05, 0) is 34.7 Å². The zero-order valence-electron chi connectivity index (χ0n) is 14.5. The number of nitrogens with one attached hydrogen (secondary N) is 1. The van der Waals surface area contributed by atoms with Crippen molar-refractivity contribution in [1.29, 1.82) is 0 Å². The smallest absolute Gasteiger partial charge is 0.123 e. The van der Waals surface area contributed by atoms with E-state index in [9.17, 15) is 4.39 Å². The van der Waals surface area contributed by atoms with Crippen LogP contribution < -0.4 is 0 Å². The molecule has 2 heterocycles. The molecule has 5 rings (SSSR count). The zero-order chi connectivity index (χ0) is 18.3. The van der Waals surface area contributed by atoms with Gasteiger partial charge in [-0.2, -0.15) is 5.10 Å². The predicted molar refractivity (Wildman–Crippen MR) is 108 cm³/mol. The lowest BCUT2D eigenvalue weighted by Crippen LogP contribution is -2.30. The summed E-state index contributed by atoms with van der Waals surface area (Å²) in [7, 11) is 0. The van der Waals surface area contributed by atoms with Gasteiger partial charge in [-0.3, -0.25) is 5.10 Å². The number of aromatic amines is 1. The number of hydrogen-bond donors (Lipinski definition) is 1. The molecule has 4 aromatic rings. The molecule has 2 aromatic heterocycles. The molecule has 0 fully saturated rings. The first-order chi connectivity index (χ1) is 13.3. The van der Waals surface area contributed by atoms with Gasteiger partial charge in [0.15, 0.2) is 0 Å². The number of hydrogen-bond acceptors (Lipinski definition) is 2. The van der Waals surface area contributed by atoms with Crippen molar-refractivity contribution in [1.82, 2.24) is 10.2 Å². The average molecular weight is 372 g/mol. The number of halogens is 1. The van der Waals surface area contributed by atoms with Gasteiger partial charge in [-0.15, -0.1) is 11.3 Å². The van der Waals surface area contributed by atoms with Crippen molar-refractivity contribution in [3.63, 3.8) is 0 Å². The van der Waals surface area contributed by atoms with E-state index in [4.69, 9.17) is 0 Å². The number of benzene rings is 2. The number of nitrogens with zero attached hydrogens (tertiary/aromatic N) is 1. The molecule has 0 saturated heterocycles. The maximum Gasteiger partial charge on any atom is 0.123 e. The van der Waals surface area contributed by atoms with Crippen molar-refractivity contribution in [3.8, 4) is 10.6 Å². The van der Waals surface area contributed by atoms with E-state index in [1.54, 1.807) is 23.5 Å². The highest BCUT2D eigenvalue weighted by Crippen LogP contribution is 2.43. The van der Waals surface area contributed by atoms with E-state index in [1.807, 2.05) is 30.3 Å². The van der Waals surface area contributed by atoms with E-state index in [2.05, 4.69) is 45.9 Å². The summed E-state index contributed by atoms with van der Waals surface area (Å²) in [5, 5.41) is 9.87. The quantitative estimate of drug-likeness (QED) is 0.481. The normalized spacial score (nSPS) is 18.4. The standard InChI is InChI=1S/C23H17FN2S/c24-18-9-4-8-17(14-18)23(16-6-2-1-3-7-16)12-11-19-20(15-23)25-26-22(19)21-10-5-13-27-21/h1-14H,15H2,(H,25,26). The number of aromatic nitrogens is 2. The van der Waals surface area contributed by atoms with Crippen molar-refractivity contribution >= 4 is 17.4 Å². The second-order valence-corrected chi connectivity index (χ2v) is 7.75. The van der Waals surface area contributed by atoms with Crippen LogP contribution in [-0.2, 0) is 11.8 Å². The maximum absolute atomic E-state index is 14.1. The van der Waals surface area contributed by atoms with Gasteiger partial charge in [0.1, 0.15) is 11.5 Å². The molecule has 0 aliphatic heterocycles. The molecule has 1 aliphatic rings. The highest BCUT2D eigenvalue weighted by molar-refractivity contribution is 7.13. The fourth-order valence-corrected chi connectivity index (χ4v) is 4.66. The van der Waals surface area contributed by atoms with Crippen LogP contribution in [0.4, 0.5) is 4.39 Å². The Morgan fingerprint density at radius 2 is 1.81 bits per heavy atom. The molecule has 1 aliphatic carbocycles. The summed E-state index contributed by atoms with van der Waals surface area (Å²) in [4.78, 5) is 1.15. The Morgan fingerprint density at radius 1 is 0.963 bits per heavy atom. The van der Waals surface area contributed by atoms with Crippen LogP contribution in [0.3, 0.4) is 0 Å².